The van der Waals surface area contributed by atoms with Gasteiger partial charge in [-0.1, -0.05) is 36.4 Å². The van der Waals surface area contributed by atoms with Gasteiger partial charge in [-0.05, 0) is 25.0 Å². The van der Waals surface area contributed by atoms with Gasteiger partial charge in [0.15, 0.2) is 0 Å². The average Bonchev–Trinajstić information content (AvgIpc) is 3.47. The molecule has 7 heteroatoms. The van der Waals surface area contributed by atoms with Gasteiger partial charge >= 0.3 is 0 Å². The van der Waals surface area contributed by atoms with Crippen LogP contribution in [0.15, 0.2) is 53.6 Å². The molecule has 0 spiro atoms. The molecule has 2 aliphatic rings. The Morgan fingerprint density at radius 2 is 1.72 bits per heavy atom. The predicted molar refractivity (Wildman–Crippen MR) is 104 cm³/mol. The molecular weight excluding hydrogens is 376 g/mol. The van der Waals surface area contributed by atoms with Crippen molar-refractivity contribution < 1.29 is 18.4 Å². The van der Waals surface area contributed by atoms with Gasteiger partial charge in [0, 0.05) is 30.5 Å². The second-order valence-corrected chi connectivity index (χ2v) is 7.47. The van der Waals surface area contributed by atoms with E-state index in [0.29, 0.717) is 11.3 Å². The van der Waals surface area contributed by atoms with Crippen LogP contribution >= 0.6 is 0 Å². The first-order valence-corrected chi connectivity index (χ1v) is 9.59. The Morgan fingerprint density at radius 3 is 2.38 bits per heavy atom. The van der Waals surface area contributed by atoms with Crippen molar-refractivity contribution in [1.29, 1.82) is 0 Å². The summed E-state index contributed by atoms with van der Waals surface area (Å²) in [5.74, 6) is -1.41. The Labute approximate surface area is 167 Å². The van der Waals surface area contributed by atoms with E-state index in [1.165, 1.54) is 22.0 Å². The Hall–Kier alpha value is -3.09. The quantitative estimate of drug-likeness (QED) is 0.775. The molecule has 150 valence electrons. The van der Waals surface area contributed by atoms with Crippen molar-refractivity contribution >= 4 is 17.5 Å². The number of likely N-dealkylation sites (N-methyl/N-ethyl adjacent to an activating group) is 1. The number of amides is 2. The van der Waals surface area contributed by atoms with Crippen LogP contribution in [-0.2, 0) is 9.59 Å². The highest BCUT2D eigenvalue weighted by Gasteiger charge is 2.37. The van der Waals surface area contributed by atoms with Gasteiger partial charge in [-0.15, -0.1) is 0 Å². The van der Waals surface area contributed by atoms with Gasteiger partial charge in [0.1, 0.15) is 18.2 Å². The maximum absolute atomic E-state index is 14.5. The van der Waals surface area contributed by atoms with Crippen molar-refractivity contribution in [3.05, 3.63) is 71.3 Å². The second kappa shape index (κ2) is 7.73. The summed E-state index contributed by atoms with van der Waals surface area (Å²) in [5, 5.41) is 5.54. The highest BCUT2D eigenvalue weighted by Crippen LogP contribution is 2.35. The summed E-state index contributed by atoms with van der Waals surface area (Å²) >= 11 is 0. The van der Waals surface area contributed by atoms with E-state index >= 15 is 0 Å². The third kappa shape index (κ3) is 3.90. The number of hydrogen-bond donors (Lipinski definition) is 0. The van der Waals surface area contributed by atoms with Gasteiger partial charge in [-0.2, -0.15) is 5.10 Å². The van der Waals surface area contributed by atoms with Crippen LogP contribution in [0.1, 0.15) is 36.4 Å². The summed E-state index contributed by atoms with van der Waals surface area (Å²) < 4.78 is 28.7. The second-order valence-electron chi connectivity index (χ2n) is 7.47. The standard InChI is InChI=1S/C22H21F2N3O2/c1-26(22(29)14-10-11-14)13-21(28)27-20(16-7-3-5-9-18(16)24)12-19(25-27)15-6-2-4-8-17(15)23/h2-9,14,20H,10-13H2,1H3/t20-/m0/s1. The summed E-state index contributed by atoms with van der Waals surface area (Å²) in [6, 6.07) is 11.6. The normalized spacial score (nSPS) is 18.5. The number of carbonyl (C=O) groups is 2. The summed E-state index contributed by atoms with van der Waals surface area (Å²) in [4.78, 5) is 26.6. The predicted octanol–water partition coefficient (Wildman–Crippen LogP) is 3.51. The van der Waals surface area contributed by atoms with Crippen LogP contribution in [0.5, 0.6) is 0 Å². The SMILES string of the molecule is CN(CC(=O)N1N=C(c2ccccc2F)C[C@H]1c1ccccc1F)C(=O)C1CC1. The van der Waals surface area contributed by atoms with Crippen LogP contribution in [0, 0.1) is 17.6 Å². The van der Waals surface area contributed by atoms with Gasteiger partial charge in [0.05, 0.1) is 11.8 Å². The molecule has 1 fully saturated rings. The fraction of sp³-hybridized carbons (Fsp3) is 0.318. The molecule has 2 aromatic rings. The Morgan fingerprint density at radius 1 is 1.07 bits per heavy atom. The third-order valence-electron chi connectivity index (χ3n) is 5.29. The van der Waals surface area contributed by atoms with Crippen LogP contribution in [-0.4, -0.2) is 41.0 Å². The first-order valence-electron chi connectivity index (χ1n) is 9.59. The number of halogens is 2. The van der Waals surface area contributed by atoms with Gasteiger partial charge in [-0.25, -0.2) is 13.8 Å². The van der Waals surface area contributed by atoms with Gasteiger partial charge in [-0.3, -0.25) is 9.59 Å². The van der Waals surface area contributed by atoms with Crippen molar-refractivity contribution in [2.24, 2.45) is 11.0 Å². The minimum absolute atomic E-state index is 0.00813. The van der Waals surface area contributed by atoms with E-state index in [-0.39, 0.29) is 30.4 Å². The Balaban J connectivity index is 1.64. The zero-order chi connectivity index (χ0) is 20.5. The Kier molecular flexibility index (Phi) is 5.13. The summed E-state index contributed by atoms with van der Waals surface area (Å²) in [7, 11) is 1.58. The van der Waals surface area contributed by atoms with Crippen molar-refractivity contribution in [2.45, 2.75) is 25.3 Å². The van der Waals surface area contributed by atoms with Crippen molar-refractivity contribution in [1.82, 2.24) is 9.91 Å². The molecule has 29 heavy (non-hydrogen) atoms. The average molecular weight is 397 g/mol. The fourth-order valence-corrected chi connectivity index (χ4v) is 3.58. The highest BCUT2D eigenvalue weighted by molar-refractivity contribution is 6.03. The molecule has 2 aromatic carbocycles. The lowest BCUT2D eigenvalue weighted by atomic mass is 9.97. The van der Waals surface area contributed by atoms with E-state index in [4.69, 9.17) is 0 Å². The number of hydrogen-bond acceptors (Lipinski definition) is 3. The number of carbonyl (C=O) groups excluding carboxylic acids is 2. The van der Waals surface area contributed by atoms with Crippen LogP contribution in [0.2, 0.25) is 0 Å². The molecule has 5 nitrogen and oxygen atoms in total. The third-order valence-corrected chi connectivity index (χ3v) is 5.29. The molecule has 1 atom stereocenters. The van der Waals surface area contributed by atoms with E-state index in [9.17, 15) is 18.4 Å². The van der Waals surface area contributed by atoms with Crippen LogP contribution in [0.3, 0.4) is 0 Å². The molecule has 1 saturated carbocycles. The first kappa shape index (κ1) is 19.2. The van der Waals surface area contributed by atoms with E-state index in [1.54, 1.807) is 43.4 Å². The van der Waals surface area contributed by atoms with Gasteiger partial charge in [0.25, 0.3) is 5.91 Å². The number of benzene rings is 2. The molecule has 1 aliphatic heterocycles. The molecule has 1 aliphatic carbocycles. The van der Waals surface area contributed by atoms with Crippen molar-refractivity contribution in [2.75, 3.05) is 13.6 Å². The Bertz CT molecular complexity index is 988. The largest absolute Gasteiger partial charge is 0.336 e. The van der Waals surface area contributed by atoms with Crippen molar-refractivity contribution in [3.8, 4) is 0 Å². The fourth-order valence-electron chi connectivity index (χ4n) is 3.58. The topological polar surface area (TPSA) is 53.0 Å². The van der Waals surface area contributed by atoms with Crippen LogP contribution in [0.25, 0.3) is 0 Å². The zero-order valence-corrected chi connectivity index (χ0v) is 16.0. The molecule has 0 N–H and O–H groups in total. The molecular formula is C22H21F2N3O2. The molecule has 1 heterocycles. The lowest BCUT2D eigenvalue weighted by molar-refractivity contribution is -0.141. The van der Waals surface area contributed by atoms with Crippen molar-refractivity contribution in [3.63, 3.8) is 0 Å². The minimum atomic E-state index is -0.692. The smallest absolute Gasteiger partial charge is 0.262 e. The van der Waals surface area contributed by atoms with E-state index in [1.807, 2.05) is 0 Å². The zero-order valence-electron chi connectivity index (χ0n) is 16.0. The lowest BCUT2D eigenvalue weighted by Crippen LogP contribution is -2.39. The number of hydrazone groups is 1. The highest BCUT2D eigenvalue weighted by atomic mass is 19.1. The molecule has 0 saturated heterocycles. The maximum Gasteiger partial charge on any atom is 0.262 e. The molecule has 0 aromatic heterocycles. The van der Waals surface area contributed by atoms with E-state index < -0.39 is 23.6 Å². The summed E-state index contributed by atoms with van der Waals surface area (Å²) in [5.41, 5.74) is 0.972. The van der Waals surface area contributed by atoms with Crippen LogP contribution in [0.4, 0.5) is 8.78 Å². The first-order chi connectivity index (χ1) is 14.0. The summed E-state index contributed by atoms with van der Waals surface area (Å²) in [6.07, 6.45) is 1.87. The molecule has 0 unspecified atom stereocenters. The molecule has 0 radical (unpaired) electrons. The lowest BCUT2D eigenvalue weighted by Gasteiger charge is -2.25. The molecule has 4 rings (SSSR count). The monoisotopic (exact) mass is 397 g/mol. The number of nitrogens with zero attached hydrogens (tertiary/aromatic N) is 3. The maximum atomic E-state index is 14.5. The van der Waals surface area contributed by atoms with E-state index in [0.717, 1.165) is 12.8 Å². The van der Waals surface area contributed by atoms with E-state index in [2.05, 4.69) is 5.10 Å². The minimum Gasteiger partial charge on any atom is -0.336 e. The molecule has 0 bridgehead atoms. The number of rotatable bonds is 5. The van der Waals surface area contributed by atoms with Gasteiger partial charge < -0.3 is 4.90 Å². The molecule has 2 amide bonds. The van der Waals surface area contributed by atoms with Crippen LogP contribution < -0.4 is 0 Å². The summed E-state index contributed by atoms with van der Waals surface area (Å²) in [6.45, 7) is -0.158. The van der Waals surface area contributed by atoms with Gasteiger partial charge in [0.2, 0.25) is 5.91 Å².